The fourth-order valence-corrected chi connectivity index (χ4v) is 3.48. The Hall–Kier alpha value is -1.60. The Balaban J connectivity index is 5.20. The van der Waals surface area contributed by atoms with Crippen molar-refractivity contribution in [3.05, 3.63) is 71.9 Å². The van der Waals surface area contributed by atoms with E-state index >= 15 is 0 Å². The lowest BCUT2D eigenvalue weighted by molar-refractivity contribution is 0.0412. The van der Waals surface area contributed by atoms with E-state index in [1.165, 1.54) is 22.3 Å². The van der Waals surface area contributed by atoms with Crippen molar-refractivity contribution in [2.75, 3.05) is 0 Å². The summed E-state index contributed by atoms with van der Waals surface area (Å²) < 4.78 is 6.64. The van der Waals surface area contributed by atoms with E-state index in [4.69, 9.17) is 4.74 Å². The Morgan fingerprint density at radius 3 is 1.32 bits per heavy atom. The van der Waals surface area contributed by atoms with Gasteiger partial charge in [-0.1, -0.05) is 72.6 Å². The second-order valence-electron chi connectivity index (χ2n) is 9.79. The highest BCUT2D eigenvalue weighted by molar-refractivity contribution is 5.11. The number of allylic oxidation sites excluding steroid dienone is 6. The first kappa shape index (κ1) is 29.4. The van der Waals surface area contributed by atoms with Crippen molar-refractivity contribution in [1.29, 1.82) is 0 Å². The first-order chi connectivity index (χ1) is 14.6. The zero-order valence-electron chi connectivity index (χ0n) is 21.8. The second-order valence-corrected chi connectivity index (χ2v) is 9.79. The first-order valence-electron chi connectivity index (χ1n) is 12.1. The number of rotatable bonds is 16. The summed E-state index contributed by atoms with van der Waals surface area (Å²) in [6.07, 6.45) is 20.0. The van der Waals surface area contributed by atoms with Gasteiger partial charge in [-0.25, -0.2) is 0 Å². The lowest BCUT2D eigenvalue weighted by Gasteiger charge is -2.23. The van der Waals surface area contributed by atoms with Crippen molar-refractivity contribution in [3.63, 3.8) is 0 Å². The van der Waals surface area contributed by atoms with Gasteiger partial charge in [-0.3, -0.25) is 0 Å². The summed E-state index contributed by atoms with van der Waals surface area (Å²) in [6, 6.07) is 0. The molecular formula is C30H50O. The topological polar surface area (TPSA) is 9.23 Å². The molecule has 176 valence electrons. The van der Waals surface area contributed by atoms with Crippen LogP contribution >= 0.6 is 0 Å². The Labute approximate surface area is 194 Å². The van der Waals surface area contributed by atoms with Crippen LogP contribution in [0.3, 0.4) is 0 Å². The summed E-state index contributed by atoms with van der Waals surface area (Å²) in [4.78, 5) is 0. The van der Waals surface area contributed by atoms with E-state index in [0.29, 0.717) is 11.8 Å². The summed E-state index contributed by atoms with van der Waals surface area (Å²) in [7, 11) is 0. The Morgan fingerprint density at radius 1 is 0.677 bits per heavy atom. The van der Waals surface area contributed by atoms with Gasteiger partial charge in [0.05, 0.1) is 12.2 Å². The molecule has 0 saturated heterocycles. The molecule has 0 spiro atoms. The average Bonchev–Trinajstić information content (AvgIpc) is 2.66. The van der Waals surface area contributed by atoms with Gasteiger partial charge in [-0.05, 0) is 91.9 Å². The van der Waals surface area contributed by atoms with Crippen molar-refractivity contribution in [3.8, 4) is 0 Å². The fourth-order valence-electron chi connectivity index (χ4n) is 3.48. The fraction of sp³-hybridized carbons (Fsp3) is 0.600. The van der Waals surface area contributed by atoms with Crippen molar-refractivity contribution < 1.29 is 4.74 Å². The molecule has 0 fully saturated rings. The van der Waals surface area contributed by atoms with Gasteiger partial charge in [0, 0.05) is 0 Å². The summed E-state index contributed by atoms with van der Waals surface area (Å²) in [5.74, 6) is 1.14. The van der Waals surface area contributed by atoms with E-state index in [-0.39, 0.29) is 12.2 Å². The maximum absolute atomic E-state index is 6.64. The van der Waals surface area contributed by atoms with E-state index in [0.717, 1.165) is 38.5 Å². The molecule has 0 bridgehead atoms. The van der Waals surface area contributed by atoms with Gasteiger partial charge in [-0.2, -0.15) is 0 Å². The van der Waals surface area contributed by atoms with Crippen molar-refractivity contribution in [1.82, 2.24) is 0 Å². The van der Waals surface area contributed by atoms with Crippen LogP contribution in [0.1, 0.15) is 93.9 Å². The van der Waals surface area contributed by atoms with Crippen molar-refractivity contribution in [2.24, 2.45) is 11.8 Å². The molecule has 0 aliphatic heterocycles. The van der Waals surface area contributed by atoms with Crippen LogP contribution in [0.15, 0.2) is 71.9 Å². The third kappa shape index (κ3) is 16.7. The molecular weight excluding hydrogens is 376 g/mol. The number of hydrogen-bond donors (Lipinski definition) is 0. The highest BCUT2D eigenvalue weighted by atomic mass is 16.5. The van der Waals surface area contributed by atoms with E-state index in [2.05, 4.69) is 92.9 Å². The third-order valence-corrected chi connectivity index (χ3v) is 5.47. The van der Waals surface area contributed by atoms with Crippen molar-refractivity contribution in [2.45, 2.75) is 106 Å². The van der Waals surface area contributed by atoms with Crippen LogP contribution in [-0.4, -0.2) is 12.2 Å². The second kappa shape index (κ2) is 17.0. The zero-order chi connectivity index (χ0) is 23.8. The van der Waals surface area contributed by atoms with Crippen LogP contribution in [0.5, 0.6) is 0 Å². The molecule has 0 aliphatic rings. The molecule has 0 radical (unpaired) electrons. The quantitative estimate of drug-likeness (QED) is 0.223. The molecule has 1 nitrogen and oxygen atoms in total. The Kier molecular flexibility index (Phi) is 16.1. The van der Waals surface area contributed by atoms with Gasteiger partial charge in [0.25, 0.3) is 0 Å². The maximum atomic E-state index is 6.64. The largest absolute Gasteiger partial charge is 0.366 e. The highest BCUT2D eigenvalue weighted by Crippen LogP contribution is 2.21. The maximum Gasteiger partial charge on any atom is 0.0803 e. The minimum Gasteiger partial charge on any atom is -0.366 e. The molecule has 0 rings (SSSR count). The first-order valence-corrected chi connectivity index (χ1v) is 12.1. The summed E-state index contributed by atoms with van der Waals surface area (Å²) in [6.45, 7) is 25.3. The van der Waals surface area contributed by atoms with Crippen LogP contribution < -0.4 is 0 Å². The van der Waals surface area contributed by atoms with Crippen molar-refractivity contribution >= 4 is 0 Å². The average molecular weight is 427 g/mol. The smallest absolute Gasteiger partial charge is 0.0803 e. The number of ether oxygens (including phenoxy) is 1. The molecule has 4 unspecified atom stereocenters. The molecule has 0 heterocycles. The molecule has 0 saturated carbocycles. The van der Waals surface area contributed by atoms with Crippen LogP contribution in [0.4, 0.5) is 0 Å². The van der Waals surface area contributed by atoms with E-state index in [1.54, 1.807) is 0 Å². The van der Waals surface area contributed by atoms with Crippen LogP contribution in [-0.2, 0) is 4.74 Å². The standard InChI is InChI=1S/C30H50O/c1-11-25(7)15-13-17-27(9)21-29(19-23(3)4)31-30(20-24(5)6)22-28(10)18-14-16-26(8)12-2/h11-12,17-20,25-26,29-30H,1-2,13-16,21-22H2,3-10H3. The number of hydrogen-bond acceptors (Lipinski definition) is 1. The minimum absolute atomic E-state index is 0.104. The molecule has 31 heavy (non-hydrogen) atoms. The predicted molar refractivity (Wildman–Crippen MR) is 141 cm³/mol. The minimum atomic E-state index is 0.104. The summed E-state index contributed by atoms with van der Waals surface area (Å²) >= 11 is 0. The van der Waals surface area contributed by atoms with Crippen LogP contribution in [0, 0.1) is 11.8 Å². The monoisotopic (exact) mass is 426 g/mol. The van der Waals surface area contributed by atoms with Crippen LogP contribution in [0.25, 0.3) is 0 Å². The normalized spacial score (nSPS) is 16.1. The molecule has 0 aromatic heterocycles. The van der Waals surface area contributed by atoms with Gasteiger partial charge in [0.2, 0.25) is 0 Å². The van der Waals surface area contributed by atoms with Gasteiger partial charge >= 0.3 is 0 Å². The molecule has 4 atom stereocenters. The van der Waals surface area contributed by atoms with Crippen LogP contribution in [0.2, 0.25) is 0 Å². The van der Waals surface area contributed by atoms with Gasteiger partial charge in [0.1, 0.15) is 0 Å². The summed E-state index contributed by atoms with van der Waals surface area (Å²) in [5.41, 5.74) is 5.42. The lowest BCUT2D eigenvalue weighted by Crippen LogP contribution is -2.20. The van der Waals surface area contributed by atoms with E-state index in [1.807, 2.05) is 12.2 Å². The zero-order valence-corrected chi connectivity index (χ0v) is 21.8. The lowest BCUT2D eigenvalue weighted by atomic mass is 10.0. The Bertz CT molecular complexity index is 579. The van der Waals surface area contributed by atoms with Gasteiger partial charge in [0.15, 0.2) is 0 Å². The highest BCUT2D eigenvalue weighted by Gasteiger charge is 2.15. The molecule has 0 aliphatic carbocycles. The van der Waals surface area contributed by atoms with Gasteiger partial charge in [-0.15, -0.1) is 13.2 Å². The molecule has 1 heteroatoms. The predicted octanol–water partition coefficient (Wildman–Crippen LogP) is 9.55. The van der Waals surface area contributed by atoms with Gasteiger partial charge < -0.3 is 4.74 Å². The molecule has 0 aromatic rings. The van der Waals surface area contributed by atoms with E-state index < -0.39 is 0 Å². The molecule has 0 aromatic carbocycles. The molecule has 0 N–H and O–H groups in total. The van der Waals surface area contributed by atoms with E-state index in [9.17, 15) is 0 Å². The Morgan fingerprint density at radius 2 is 1.03 bits per heavy atom. The molecule has 0 amide bonds. The third-order valence-electron chi connectivity index (χ3n) is 5.47. The summed E-state index contributed by atoms with van der Waals surface area (Å²) in [5, 5.41) is 0. The SMILES string of the molecule is C=CC(C)CCC=C(C)CC(C=C(C)C)OC(C=C(C)C)CC(C)=CCCC(C)C=C.